The van der Waals surface area contributed by atoms with Crippen molar-refractivity contribution in [2.45, 2.75) is 20.4 Å². The molecule has 0 atom stereocenters. The summed E-state index contributed by atoms with van der Waals surface area (Å²) in [5, 5.41) is 11.2. The Kier molecular flexibility index (Phi) is 6.70. The molecule has 0 spiro atoms. The molecule has 1 amide bonds. The maximum atomic E-state index is 12.8. The van der Waals surface area contributed by atoms with Crippen LogP contribution in [0.15, 0.2) is 30.3 Å². The fourth-order valence-corrected chi connectivity index (χ4v) is 3.41. The number of carbonyl (C=O) groups excluding carboxylic acids is 2. The highest BCUT2D eigenvalue weighted by molar-refractivity contribution is 7.16. The van der Waals surface area contributed by atoms with Gasteiger partial charge in [-0.2, -0.15) is 0 Å². The molecular weight excluding hydrogens is 380 g/mol. The first kappa shape index (κ1) is 19.9. The van der Waals surface area contributed by atoms with Crippen molar-refractivity contribution in [3.63, 3.8) is 0 Å². The average molecular weight is 397 g/mol. The predicted octanol–water partition coefficient (Wildman–Crippen LogP) is 4.15. The Balaban J connectivity index is 2.35. The Morgan fingerprint density at radius 2 is 1.92 bits per heavy atom. The lowest BCUT2D eigenvalue weighted by atomic mass is 10.1. The van der Waals surface area contributed by atoms with Crippen molar-refractivity contribution in [1.29, 1.82) is 0 Å². The highest BCUT2D eigenvalue weighted by Crippen LogP contribution is 2.24. The predicted molar refractivity (Wildman–Crippen MR) is 98.8 cm³/mol. The molecule has 138 valence electrons. The summed E-state index contributed by atoms with van der Waals surface area (Å²) in [6.45, 7) is 4.28. The summed E-state index contributed by atoms with van der Waals surface area (Å²) in [6, 6.07) is 7.14. The van der Waals surface area contributed by atoms with E-state index in [0.29, 0.717) is 17.4 Å². The number of amides is 1. The number of esters is 1. The molecule has 0 fully saturated rings. The van der Waals surface area contributed by atoms with E-state index in [-0.39, 0.29) is 23.4 Å². The van der Waals surface area contributed by atoms with Crippen LogP contribution >= 0.6 is 22.9 Å². The molecule has 1 heterocycles. The van der Waals surface area contributed by atoms with Crippen molar-refractivity contribution in [3.8, 4) is 0 Å². The summed E-state index contributed by atoms with van der Waals surface area (Å²) in [4.78, 5) is 37.7. The van der Waals surface area contributed by atoms with Crippen molar-refractivity contribution >= 4 is 40.5 Å². The van der Waals surface area contributed by atoms with Crippen LogP contribution in [0.2, 0.25) is 4.34 Å². The van der Waals surface area contributed by atoms with Crippen LogP contribution in [0.4, 0.5) is 5.69 Å². The number of carbonyl (C=O) groups is 2. The Morgan fingerprint density at radius 3 is 2.46 bits per heavy atom. The van der Waals surface area contributed by atoms with Gasteiger partial charge in [-0.3, -0.25) is 14.9 Å². The summed E-state index contributed by atoms with van der Waals surface area (Å²) >= 11 is 7.27. The Labute approximate surface area is 159 Å². The van der Waals surface area contributed by atoms with Gasteiger partial charge in [0.2, 0.25) is 0 Å². The highest BCUT2D eigenvalue weighted by Gasteiger charge is 2.22. The van der Waals surface area contributed by atoms with Crippen molar-refractivity contribution in [2.75, 3.05) is 13.2 Å². The van der Waals surface area contributed by atoms with Gasteiger partial charge < -0.3 is 9.64 Å². The van der Waals surface area contributed by atoms with Crippen molar-refractivity contribution < 1.29 is 19.2 Å². The zero-order valence-electron chi connectivity index (χ0n) is 14.2. The lowest BCUT2D eigenvalue weighted by molar-refractivity contribution is -0.384. The summed E-state index contributed by atoms with van der Waals surface area (Å²) in [6.07, 6.45) is 0. The molecule has 0 aliphatic carbocycles. The molecule has 0 aliphatic rings. The number of nitro groups is 1. The number of ether oxygens (including phenoxy) is 1. The minimum Gasteiger partial charge on any atom is -0.462 e. The number of nitro benzene ring substituents is 1. The van der Waals surface area contributed by atoms with E-state index in [1.807, 2.05) is 6.07 Å². The lowest BCUT2D eigenvalue weighted by Gasteiger charge is -2.20. The van der Waals surface area contributed by atoms with E-state index in [1.54, 1.807) is 19.9 Å². The van der Waals surface area contributed by atoms with Gasteiger partial charge in [0.1, 0.15) is 0 Å². The number of rotatable bonds is 7. The number of thiophene rings is 1. The molecule has 2 rings (SSSR count). The normalized spacial score (nSPS) is 10.4. The molecular formula is C17H17ClN2O5S. The van der Waals surface area contributed by atoms with E-state index in [9.17, 15) is 19.7 Å². The maximum Gasteiger partial charge on any atom is 0.338 e. The largest absolute Gasteiger partial charge is 0.462 e. The van der Waals surface area contributed by atoms with Gasteiger partial charge in [-0.1, -0.05) is 11.6 Å². The topological polar surface area (TPSA) is 89.8 Å². The van der Waals surface area contributed by atoms with Gasteiger partial charge in [0.15, 0.2) is 0 Å². The van der Waals surface area contributed by atoms with Crippen molar-refractivity contribution in [2.24, 2.45) is 0 Å². The first-order chi connectivity index (χ1) is 12.3. The Bertz CT molecular complexity index is 836. The molecule has 2 aromatic rings. The lowest BCUT2D eigenvalue weighted by Crippen LogP contribution is -2.30. The van der Waals surface area contributed by atoms with Crippen LogP contribution in [0.5, 0.6) is 0 Å². The monoisotopic (exact) mass is 396 g/mol. The van der Waals surface area contributed by atoms with Crippen molar-refractivity contribution in [1.82, 2.24) is 4.90 Å². The molecule has 0 unspecified atom stereocenters. The maximum absolute atomic E-state index is 12.8. The number of benzene rings is 1. The smallest absolute Gasteiger partial charge is 0.338 e. The van der Waals surface area contributed by atoms with E-state index in [0.717, 1.165) is 17.0 Å². The van der Waals surface area contributed by atoms with Crippen LogP contribution in [0.3, 0.4) is 0 Å². The number of hydrogen-bond donors (Lipinski definition) is 0. The molecule has 0 bridgehead atoms. The number of nitrogens with zero attached hydrogens (tertiary/aromatic N) is 2. The molecule has 9 heteroatoms. The SMILES string of the molecule is CCOC(=O)c1cc(C(=O)N(CC)Cc2ccc(Cl)s2)cc([N+](=O)[O-])c1. The van der Waals surface area contributed by atoms with Crippen molar-refractivity contribution in [3.05, 3.63) is 60.8 Å². The summed E-state index contributed by atoms with van der Waals surface area (Å²) in [5.74, 6) is -1.12. The second-order valence-corrected chi connectivity index (χ2v) is 7.07. The van der Waals surface area contributed by atoms with Gasteiger partial charge in [0.25, 0.3) is 11.6 Å². The second kappa shape index (κ2) is 8.77. The molecule has 0 saturated carbocycles. The van der Waals surface area contributed by atoms with Gasteiger partial charge >= 0.3 is 5.97 Å². The summed E-state index contributed by atoms with van der Waals surface area (Å²) < 4.78 is 5.50. The third-order valence-corrected chi connectivity index (χ3v) is 4.75. The zero-order chi connectivity index (χ0) is 19.3. The van der Waals surface area contributed by atoms with Gasteiger partial charge in [-0.05, 0) is 32.0 Å². The molecule has 1 aromatic heterocycles. The van der Waals surface area contributed by atoms with Gasteiger partial charge in [0, 0.05) is 29.1 Å². The molecule has 0 radical (unpaired) electrons. The van der Waals surface area contributed by atoms with Crippen LogP contribution in [0.25, 0.3) is 0 Å². The second-order valence-electron chi connectivity index (χ2n) is 5.27. The minimum atomic E-state index is -0.710. The average Bonchev–Trinajstić information content (AvgIpc) is 3.03. The number of hydrogen-bond acceptors (Lipinski definition) is 6. The first-order valence-corrected chi connectivity index (χ1v) is 9.05. The fourth-order valence-electron chi connectivity index (χ4n) is 2.31. The summed E-state index contributed by atoms with van der Waals surface area (Å²) in [7, 11) is 0. The van der Waals surface area contributed by atoms with Crippen LogP contribution in [-0.2, 0) is 11.3 Å². The van der Waals surface area contributed by atoms with Gasteiger partial charge in [-0.25, -0.2) is 4.79 Å². The standard InChI is InChI=1S/C17H17ClN2O5S/c1-3-19(10-14-5-6-15(18)26-14)16(21)11-7-12(17(22)25-4-2)9-13(8-11)20(23)24/h5-9H,3-4,10H2,1-2H3. The van der Waals surface area contributed by atoms with Crippen LogP contribution in [0.1, 0.15) is 39.4 Å². The number of non-ortho nitro benzene ring substituents is 1. The first-order valence-electron chi connectivity index (χ1n) is 7.85. The van der Waals surface area contributed by atoms with Gasteiger partial charge in [-0.15, -0.1) is 11.3 Å². The molecule has 1 aromatic carbocycles. The minimum absolute atomic E-state index is 0.0281. The molecule has 0 aliphatic heterocycles. The Hall–Kier alpha value is -2.45. The van der Waals surface area contributed by atoms with Gasteiger partial charge in [0.05, 0.1) is 28.0 Å². The summed E-state index contributed by atoms with van der Waals surface area (Å²) in [5.41, 5.74) is -0.305. The fraction of sp³-hybridized carbons (Fsp3) is 0.294. The van der Waals surface area contributed by atoms with Crippen LogP contribution in [0, 0.1) is 10.1 Å². The highest BCUT2D eigenvalue weighted by atomic mass is 35.5. The number of halogens is 1. The van der Waals surface area contributed by atoms with Crippen LogP contribution < -0.4 is 0 Å². The molecule has 0 saturated heterocycles. The third kappa shape index (κ3) is 4.80. The van der Waals surface area contributed by atoms with E-state index in [4.69, 9.17) is 16.3 Å². The molecule has 7 nitrogen and oxygen atoms in total. The molecule has 0 N–H and O–H groups in total. The van der Waals surface area contributed by atoms with Crippen LogP contribution in [-0.4, -0.2) is 34.9 Å². The Morgan fingerprint density at radius 1 is 1.23 bits per heavy atom. The van der Waals surface area contributed by atoms with E-state index in [2.05, 4.69) is 0 Å². The van der Waals surface area contributed by atoms with E-state index >= 15 is 0 Å². The van der Waals surface area contributed by atoms with E-state index in [1.165, 1.54) is 22.3 Å². The third-order valence-electron chi connectivity index (χ3n) is 3.53. The quantitative estimate of drug-likeness (QED) is 0.398. The van der Waals surface area contributed by atoms with E-state index < -0.39 is 16.8 Å². The zero-order valence-corrected chi connectivity index (χ0v) is 15.8. The molecule has 26 heavy (non-hydrogen) atoms.